The minimum absolute atomic E-state index is 0.142. The van der Waals surface area contributed by atoms with Crippen molar-refractivity contribution in [3.05, 3.63) is 90.0 Å². The molecule has 0 fully saturated rings. The summed E-state index contributed by atoms with van der Waals surface area (Å²) in [5.41, 5.74) is 3.68. The topological polar surface area (TPSA) is 69.0 Å². The van der Waals surface area contributed by atoms with Crippen LogP contribution in [0.1, 0.15) is 41.1 Å². The van der Waals surface area contributed by atoms with E-state index in [-0.39, 0.29) is 11.9 Å². The van der Waals surface area contributed by atoms with Gasteiger partial charge >= 0.3 is 0 Å². The van der Waals surface area contributed by atoms with Gasteiger partial charge in [-0.15, -0.1) is 0 Å². The lowest BCUT2D eigenvalue weighted by Crippen LogP contribution is -2.28. The number of hydrogen-bond acceptors (Lipinski definition) is 4. The molecule has 1 unspecified atom stereocenters. The molecule has 4 aromatic rings. The van der Waals surface area contributed by atoms with Gasteiger partial charge < -0.3 is 14.6 Å². The Morgan fingerprint density at radius 2 is 1.81 bits per heavy atom. The van der Waals surface area contributed by atoms with Crippen LogP contribution in [0.3, 0.4) is 0 Å². The second-order valence-corrected chi connectivity index (χ2v) is 7.51. The van der Waals surface area contributed by atoms with E-state index in [2.05, 4.69) is 20.9 Å². The summed E-state index contributed by atoms with van der Waals surface area (Å²) in [6.07, 6.45) is 4.05. The van der Waals surface area contributed by atoms with Crippen molar-refractivity contribution in [3.63, 3.8) is 0 Å². The van der Waals surface area contributed by atoms with E-state index in [9.17, 15) is 4.79 Å². The second kappa shape index (κ2) is 9.43. The van der Waals surface area contributed by atoms with Gasteiger partial charge in [0.2, 0.25) is 0 Å². The zero-order valence-electron chi connectivity index (χ0n) is 17.8. The lowest BCUT2D eigenvalue weighted by molar-refractivity contribution is 0.0937. The van der Waals surface area contributed by atoms with Gasteiger partial charge in [-0.1, -0.05) is 30.3 Å². The lowest BCUT2D eigenvalue weighted by Gasteiger charge is -2.17. The highest BCUT2D eigenvalue weighted by Gasteiger charge is 2.19. The number of amides is 1. The molecule has 31 heavy (non-hydrogen) atoms. The van der Waals surface area contributed by atoms with Crippen LogP contribution in [0, 0.1) is 6.92 Å². The van der Waals surface area contributed by atoms with Gasteiger partial charge in [0.05, 0.1) is 23.7 Å². The Balaban J connectivity index is 1.49. The lowest BCUT2D eigenvalue weighted by atomic mass is 10.2. The van der Waals surface area contributed by atoms with E-state index >= 15 is 0 Å². The quantitative estimate of drug-likeness (QED) is 0.424. The molecule has 0 aliphatic heterocycles. The molecule has 0 bridgehead atoms. The van der Waals surface area contributed by atoms with E-state index in [0.29, 0.717) is 12.2 Å². The number of pyridine rings is 1. The standard InChI is InChI=1S/C25H26N4O2/c1-18-8-3-6-11-23(18)31-17-7-16-29-22-10-5-4-9-21(22)28-24(29)19(2)27-25(30)20-12-14-26-15-13-20/h3-6,8-15,19H,7,16-17H2,1-2H3,(H,27,30). The fourth-order valence-corrected chi connectivity index (χ4v) is 3.63. The summed E-state index contributed by atoms with van der Waals surface area (Å²) in [5.74, 6) is 1.60. The molecule has 1 amide bonds. The Labute approximate surface area is 181 Å². The van der Waals surface area contributed by atoms with Crippen molar-refractivity contribution in [2.24, 2.45) is 0 Å². The Morgan fingerprint density at radius 3 is 2.61 bits per heavy atom. The van der Waals surface area contributed by atoms with Gasteiger partial charge in [-0.2, -0.15) is 0 Å². The van der Waals surface area contributed by atoms with Crippen molar-refractivity contribution < 1.29 is 9.53 Å². The Kier molecular flexibility index (Phi) is 6.26. The van der Waals surface area contributed by atoms with Gasteiger partial charge in [0.25, 0.3) is 5.91 Å². The maximum absolute atomic E-state index is 12.6. The summed E-state index contributed by atoms with van der Waals surface area (Å²) in [7, 11) is 0. The number of benzene rings is 2. The van der Waals surface area contributed by atoms with Crippen molar-refractivity contribution in [1.29, 1.82) is 0 Å². The number of carbonyl (C=O) groups is 1. The van der Waals surface area contributed by atoms with Crippen molar-refractivity contribution in [1.82, 2.24) is 19.9 Å². The number of aryl methyl sites for hydroxylation is 2. The first-order chi connectivity index (χ1) is 15.1. The molecule has 2 heterocycles. The molecule has 2 aromatic carbocycles. The minimum Gasteiger partial charge on any atom is -0.493 e. The van der Waals surface area contributed by atoms with Crippen molar-refractivity contribution in [2.45, 2.75) is 32.9 Å². The molecule has 6 nitrogen and oxygen atoms in total. The fourth-order valence-electron chi connectivity index (χ4n) is 3.63. The van der Waals surface area contributed by atoms with Gasteiger partial charge in [0.15, 0.2) is 0 Å². The molecule has 6 heteroatoms. The fraction of sp³-hybridized carbons (Fsp3) is 0.240. The number of nitrogens with one attached hydrogen (secondary N) is 1. The van der Waals surface area contributed by atoms with E-state index in [1.54, 1.807) is 24.5 Å². The molecule has 2 aromatic heterocycles. The molecule has 0 aliphatic rings. The van der Waals surface area contributed by atoms with E-state index in [0.717, 1.165) is 41.1 Å². The molecule has 0 saturated carbocycles. The zero-order chi connectivity index (χ0) is 21.6. The van der Waals surface area contributed by atoms with Crippen LogP contribution in [0.25, 0.3) is 11.0 Å². The summed E-state index contributed by atoms with van der Waals surface area (Å²) < 4.78 is 8.14. The van der Waals surface area contributed by atoms with Crippen molar-refractivity contribution in [3.8, 4) is 5.75 Å². The SMILES string of the molecule is Cc1ccccc1OCCCn1c(C(C)NC(=O)c2ccncc2)nc2ccccc21. The van der Waals surface area contributed by atoms with E-state index in [1.165, 1.54) is 0 Å². The van der Waals surface area contributed by atoms with Crippen LogP contribution in [0.2, 0.25) is 0 Å². The number of para-hydroxylation sites is 3. The van der Waals surface area contributed by atoms with Crippen molar-refractivity contribution in [2.75, 3.05) is 6.61 Å². The van der Waals surface area contributed by atoms with Crippen LogP contribution in [0.5, 0.6) is 5.75 Å². The molecular formula is C25H26N4O2. The Hall–Kier alpha value is -3.67. The summed E-state index contributed by atoms with van der Waals surface area (Å²) in [4.78, 5) is 21.4. The Morgan fingerprint density at radius 1 is 1.06 bits per heavy atom. The van der Waals surface area contributed by atoms with Crippen LogP contribution in [-0.2, 0) is 6.54 Å². The maximum Gasteiger partial charge on any atom is 0.251 e. The van der Waals surface area contributed by atoms with E-state index in [1.807, 2.05) is 56.3 Å². The molecule has 0 saturated heterocycles. The molecule has 158 valence electrons. The number of carbonyl (C=O) groups excluding carboxylic acids is 1. The number of hydrogen-bond donors (Lipinski definition) is 1. The van der Waals surface area contributed by atoms with Gasteiger partial charge in [0.1, 0.15) is 11.6 Å². The van der Waals surface area contributed by atoms with Crippen LogP contribution in [0.4, 0.5) is 0 Å². The van der Waals surface area contributed by atoms with Crippen LogP contribution in [0.15, 0.2) is 73.1 Å². The largest absolute Gasteiger partial charge is 0.493 e. The third kappa shape index (κ3) is 4.74. The predicted octanol–water partition coefficient (Wildman–Crippen LogP) is 4.70. The van der Waals surface area contributed by atoms with Gasteiger partial charge in [-0.25, -0.2) is 4.98 Å². The molecule has 0 spiro atoms. The minimum atomic E-state index is -0.245. The number of ether oxygens (including phenoxy) is 1. The molecular weight excluding hydrogens is 388 g/mol. The van der Waals surface area contributed by atoms with Crippen LogP contribution < -0.4 is 10.1 Å². The summed E-state index contributed by atoms with van der Waals surface area (Å²) in [5, 5.41) is 3.06. The Bertz CT molecular complexity index is 1170. The highest BCUT2D eigenvalue weighted by Crippen LogP contribution is 2.22. The van der Waals surface area contributed by atoms with E-state index in [4.69, 9.17) is 9.72 Å². The number of rotatable bonds is 8. The third-order valence-corrected chi connectivity index (χ3v) is 5.24. The van der Waals surface area contributed by atoms with Gasteiger partial charge in [-0.05, 0) is 56.2 Å². The number of nitrogens with zero attached hydrogens (tertiary/aromatic N) is 3. The average Bonchev–Trinajstić information content (AvgIpc) is 3.17. The summed E-state index contributed by atoms with van der Waals surface area (Å²) in [6, 6.07) is 19.2. The monoisotopic (exact) mass is 414 g/mol. The van der Waals surface area contributed by atoms with E-state index < -0.39 is 0 Å². The highest BCUT2D eigenvalue weighted by molar-refractivity contribution is 5.94. The number of fused-ring (bicyclic) bond motifs is 1. The summed E-state index contributed by atoms with van der Waals surface area (Å²) in [6.45, 7) is 5.36. The normalized spacial score (nSPS) is 11.9. The first kappa shape index (κ1) is 20.6. The molecule has 4 rings (SSSR count). The summed E-state index contributed by atoms with van der Waals surface area (Å²) >= 11 is 0. The molecule has 0 radical (unpaired) electrons. The van der Waals surface area contributed by atoms with Crippen molar-refractivity contribution >= 4 is 16.9 Å². The predicted molar refractivity (Wildman–Crippen MR) is 121 cm³/mol. The number of imidazole rings is 1. The molecule has 0 aliphatic carbocycles. The average molecular weight is 415 g/mol. The first-order valence-corrected chi connectivity index (χ1v) is 10.5. The maximum atomic E-state index is 12.6. The van der Waals surface area contributed by atoms with Crippen LogP contribution in [-0.4, -0.2) is 27.0 Å². The highest BCUT2D eigenvalue weighted by atomic mass is 16.5. The van der Waals surface area contributed by atoms with Gasteiger partial charge in [0, 0.05) is 24.5 Å². The third-order valence-electron chi connectivity index (χ3n) is 5.24. The first-order valence-electron chi connectivity index (χ1n) is 10.5. The zero-order valence-corrected chi connectivity index (χ0v) is 17.8. The number of aromatic nitrogens is 3. The van der Waals surface area contributed by atoms with Crippen LogP contribution >= 0.6 is 0 Å². The molecule has 1 atom stereocenters. The smallest absolute Gasteiger partial charge is 0.251 e. The molecule has 1 N–H and O–H groups in total. The second-order valence-electron chi connectivity index (χ2n) is 7.51. The van der Waals surface area contributed by atoms with Gasteiger partial charge in [-0.3, -0.25) is 9.78 Å².